The smallest absolute Gasteiger partial charge is 0.321 e. The molecule has 1 aromatic carbocycles. The average Bonchev–Trinajstić information content (AvgIpc) is 2.61. The molecule has 1 aliphatic rings. The number of amides is 2. The number of carbonyl (C=O) groups is 1. The molecule has 0 bridgehead atoms. The number of benzene rings is 1. The standard InChI is InChI=1S/C19H28N2O4/c1-15(2)12-25-17-6-4-5-16(11-17)20-18(23)21(3)13-19(14-22)7-9-24-10-8-19/h4-6,11,22H,1,7-10,12-14H2,2-3H3,(H,20,23). The summed E-state index contributed by atoms with van der Waals surface area (Å²) in [5.41, 5.74) is 1.32. The van der Waals surface area contributed by atoms with Gasteiger partial charge in [-0.25, -0.2) is 4.79 Å². The van der Waals surface area contributed by atoms with Gasteiger partial charge in [-0.2, -0.15) is 0 Å². The molecule has 2 rings (SSSR count). The van der Waals surface area contributed by atoms with E-state index in [1.807, 2.05) is 25.1 Å². The molecule has 0 aromatic heterocycles. The monoisotopic (exact) mass is 348 g/mol. The van der Waals surface area contributed by atoms with Crippen molar-refractivity contribution in [3.05, 3.63) is 36.4 Å². The molecule has 1 heterocycles. The van der Waals surface area contributed by atoms with E-state index in [9.17, 15) is 9.90 Å². The van der Waals surface area contributed by atoms with E-state index < -0.39 is 0 Å². The van der Waals surface area contributed by atoms with E-state index in [0.29, 0.717) is 37.8 Å². The average molecular weight is 348 g/mol. The van der Waals surface area contributed by atoms with E-state index in [1.54, 1.807) is 18.0 Å². The van der Waals surface area contributed by atoms with Crippen molar-refractivity contribution in [1.29, 1.82) is 0 Å². The zero-order valence-electron chi connectivity index (χ0n) is 15.1. The Morgan fingerprint density at radius 1 is 1.44 bits per heavy atom. The third kappa shape index (κ3) is 5.76. The first-order chi connectivity index (χ1) is 11.9. The van der Waals surface area contributed by atoms with Crippen LogP contribution < -0.4 is 10.1 Å². The first-order valence-electron chi connectivity index (χ1n) is 8.52. The third-order valence-electron chi connectivity index (χ3n) is 4.38. The minimum absolute atomic E-state index is 0.0538. The Hall–Kier alpha value is -2.05. The molecule has 0 spiro atoms. The van der Waals surface area contributed by atoms with Gasteiger partial charge in [0, 0.05) is 44.0 Å². The van der Waals surface area contributed by atoms with Gasteiger partial charge in [0.15, 0.2) is 0 Å². The lowest BCUT2D eigenvalue weighted by Crippen LogP contribution is -2.45. The van der Waals surface area contributed by atoms with Crippen LogP contribution in [-0.2, 0) is 4.74 Å². The van der Waals surface area contributed by atoms with Crippen LogP contribution in [0.2, 0.25) is 0 Å². The Morgan fingerprint density at radius 3 is 2.80 bits per heavy atom. The molecule has 6 heteroatoms. The Kier molecular flexibility index (Phi) is 6.84. The highest BCUT2D eigenvalue weighted by atomic mass is 16.5. The summed E-state index contributed by atoms with van der Waals surface area (Å²) in [5, 5.41) is 12.6. The number of urea groups is 1. The Balaban J connectivity index is 1.94. The van der Waals surface area contributed by atoms with Gasteiger partial charge < -0.3 is 24.8 Å². The molecular weight excluding hydrogens is 320 g/mol. The Bertz CT molecular complexity index is 597. The molecule has 25 heavy (non-hydrogen) atoms. The molecule has 0 aliphatic carbocycles. The second-order valence-corrected chi connectivity index (χ2v) is 6.83. The van der Waals surface area contributed by atoms with Gasteiger partial charge in [0.05, 0.1) is 6.61 Å². The minimum atomic E-state index is -0.281. The van der Waals surface area contributed by atoms with Crippen molar-refractivity contribution >= 4 is 11.7 Å². The first-order valence-corrected chi connectivity index (χ1v) is 8.52. The second-order valence-electron chi connectivity index (χ2n) is 6.83. The molecule has 2 N–H and O–H groups in total. The number of rotatable bonds is 7. The summed E-state index contributed by atoms with van der Waals surface area (Å²) in [4.78, 5) is 14.1. The molecule has 1 aliphatic heterocycles. The van der Waals surface area contributed by atoms with E-state index >= 15 is 0 Å². The zero-order valence-corrected chi connectivity index (χ0v) is 15.1. The fourth-order valence-electron chi connectivity index (χ4n) is 2.83. The maximum Gasteiger partial charge on any atom is 0.321 e. The van der Waals surface area contributed by atoms with Crippen molar-refractivity contribution in [2.75, 3.05) is 45.3 Å². The number of carbonyl (C=O) groups excluding carboxylic acids is 1. The molecule has 1 aromatic rings. The maximum absolute atomic E-state index is 12.5. The van der Waals surface area contributed by atoms with E-state index in [0.717, 1.165) is 18.4 Å². The number of aliphatic hydroxyl groups is 1. The zero-order chi connectivity index (χ0) is 18.3. The minimum Gasteiger partial charge on any atom is -0.489 e. The normalized spacial score (nSPS) is 16.1. The second kappa shape index (κ2) is 8.87. The lowest BCUT2D eigenvalue weighted by Gasteiger charge is -2.38. The van der Waals surface area contributed by atoms with Crippen LogP contribution >= 0.6 is 0 Å². The quantitative estimate of drug-likeness (QED) is 0.743. The summed E-state index contributed by atoms with van der Waals surface area (Å²) in [6, 6.07) is 7.05. The largest absolute Gasteiger partial charge is 0.489 e. The summed E-state index contributed by atoms with van der Waals surface area (Å²) >= 11 is 0. The van der Waals surface area contributed by atoms with E-state index in [2.05, 4.69) is 11.9 Å². The molecule has 2 amide bonds. The van der Waals surface area contributed by atoms with Gasteiger partial charge in [0.25, 0.3) is 0 Å². The lowest BCUT2D eigenvalue weighted by molar-refractivity contribution is -0.0255. The predicted octanol–water partition coefficient (Wildman–Crippen LogP) is 2.89. The van der Waals surface area contributed by atoms with Crippen molar-refractivity contribution in [3.63, 3.8) is 0 Å². The summed E-state index contributed by atoms with van der Waals surface area (Å²) < 4.78 is 11.0. The Morgan fingerprint density at radius 2 is 2.16 bits per heavy atom. The van der Waals surface area contributed by atoms with Crippen LogP contribution in [0.3, 0.4) is 0 Å². The van der Waals surface area contributed by atoms with Crippen molar-refractivity contribution in [3.8, 4) is 5.75 Å². The number of nitrogens with one attached hydrogen (secondary N) is 1. The fourth-order valence-corrected chi connectivity index (χ4v) is 2.83. The van der Waals surface area contributed by atoms with Crippen LogP contribution in [0.4, 0.5) is 10.5 Å². The number of ether oxygens (including phenoxy) is 2. The van der Waals surface area contributed by atoms with Crippen molar-refractivity contribution in [2.45, 2.75) is 19.8 Å². The number of aliphatic hydroxyl groups excluding tert-OH is 1. The summed E-state index contributed by atoms with van der Waals surface area (Å²) in [6.45, 7) is 7.93. The third-order valence-corrected chi connectivity index (χ3v) is 4.38. The highest BCUT2D eigenvalue weighted by Crippen LogP contribution is 2.31. The number of hydrogen-bond donors (Lipinski definition) is 2. The molecule has 0 atom stereocenters. The molecule has 138 valence electrons. The summed E-state index contributed by atoms with van der Waals surface area (Å²) in [7, 11) is 1.74. The van der Waals surface area contributed by atoms with Crippen LogP contribution in [0.1, 0.15) is 19.8 Å². The van der Waals surface area contributed by atoms with Crippen LogP contribution in [0.25, 0.3) is 0 Å². The van der Waals surface area contributed by atoms with Crippen LogP contribution in [0.15, 0.2) is 36.4 Å². The van der Waals surface area contributed by atoms with E-state index in [4.69, 9.17) is 9.47 Å². The van der Waals surface area contributed by atoms with Gasteiger partial charge in [-0.1, -0.05) is 12.6 Å². The predicted molar refractivity (Wildman–Crippen MR) is 98.0 cm³/mol. The number of hydrogen-bond acceptors (Lipinski definition) is 4. The Labute approximate surface area is 149 Å². The van der Waals surface area contributed by atoms with Gasteiger partial charge in [-0.15, -0.1) is 0 Å². The lowest BCUT2D eigenvalue weighted by atomic mass is 9.80. The first kappa shape index (κ1) is 19.3. The van der Waals surface area contributed by atoms with Gasteiger partial charge in [-0.3, -0.25) is 0 Å². The van der Waals surface area contributed by atoms with E-state index in [-0.39, 0.29) is 18.1 Å². The van der Waals surface area contributed by atoms with Gasteiger partial charge in [-0.05, 0) is 37.5 Å². The van der Waals surface area contributed by atoms with Gasteiger partial charge in [0.1, 0.15) is 12.4 Å². The van der Waals surface area contributed by atoms with E-state index in [1.165, 1.54) is 0 Å². The van der Waals surface area contributed by atoms with Crippen molar-refractivity contribution in [2.24, 2.45) is 5.41 Å². The van der Waals surface area contributed by atoms with Crippen LogP contribution in [0.5, 0.6) is 5.75 Å². The molecule has 1 saturated heterocycles. The highest BCUT2D eigenvalue weighted by Gasteiger charge is 2.34. The SMILES string of the molecule is C=C(C)COc1cccc(NC(=O)N(C)CC2(CO)CCOCC2)c1. The van der Waals surface area contributed by atoms with Gasteiger partial charge in [0.2, 0.25) is 0 Å². The topological polar surface area (TPSA) is 71.0 Å². The molecular formula is C19H28N2O4. The van der Waals surface area contributed by atoms with Crippen LogP contribution in [-0.4, -0.2) is 56.1 Å². The number of anilines is 1. The van der Waals surface area contributed by atoms with Crippen molar-refractivity contribution < 1.29 is 19.4 Å². The molecule has 0 unspecified atom stereocenters. The number of nitrogens with zero attached hydrogens (tertiary/aromatic N) is 1. The molecule has 1 fully saturated rings. The highest BCUT2D eigenvalue weighted by molar-refractivity contribution is 5.89. The summed E-state index contributed by atoms with van der Waals surface area (Å²) in [5.74, 6) is 0.680. The summed E-state index contributed by atoms with van der Waals surface area (Å²) in [6.07, 6.45) is 1.51. The maximum atomic E-state index is 12.5. The fraction of sp³-hybridized carbons (Fsp3) is 0.526. The molecule has 0 saturated carbocycles. The molecule has 0 radical (unpaired) electrons. The van der Waals surface area contributed by atoms with Crippen LogP contribution in [0, 0.1) is 5.41 Å². The van der Waals surface area contributed by atoms with Gasteiger partial charge >= 0.3 is 6.03 Å². The molecule has 6 nitrogen and oxygen atoms in total. The van der Waals surface area contributed by atoms with Crippen molar-refractivity contribution in [1.82, 2.24) is 4.90 Å².